The van der Waals surface area contributed by atoms with Crippen LogP contribution in [-0.4, -0.2) is 23.3 Å². The molecule has 2 amide bonds. The van der Waals surface area contributed by atoms with Crippen LogP contribution in [0.4, 0.5) is 0 Å². The summed E-state index contributed by atoms with van der Waals surface area (Å²) in [5, 5.41) is 0. The lowest BCUT2D eigenvalue weighted by molar-refractivity contribution is -0.137. The van der Waals surface area contributed by atoms with E-state index in [0.29, 0.717) is 17.7 Å². The number of imide groups is 1. The van der Waals surface area contributed by atoms with Crippen LogP contribution in [0.1, 0.15) is 27.2 Å². The Balaban J connectivity index is 2.88. The van der Waals surface area contributed by atoms with E-state index in [-0.39, 0.29) is 11.8 Å². The largest absolute Gasteiger partial charge is 0.275 e. The molecule has 0 saturated heterocycles. The lowest BCUT2D eigenvalue weighted by Gasteiger charge is -2.12. The zero-order valence-electron chi connectivity index (χ0n) is 7.68. The zero-order chi connectivity index (χ0) is 9.30. The Hall–Kier alpha value is -1.12. The predicted molar refractivity (Wildman–Crippen MR) is 45.4 cm³/mol. The number of amides is 2. The average Bonchev–Trinajstić information content (AvgIpc) is 2.23. The van der Waals surface area contributed by atoms with Gasteiger partial charge in [-0.2, -0.15) is 0 Å². The third-order valence-corrected chi connectivity index (χ3v) is 2.14. The highest BCUT2D eigenvalue weighted by molar-refractivity contribution is 6.18. The van der Waals surface area contributed by atoms with Crippen molar-refractivity contribution in [2.45, 2.75) is 27.2 Å². The minimum absolute atomic E-state index is 0.126. The minimum atomic E-state index is -0.126. The highest BCUT2D eigenvalue weighted by Crippen LogP contribution is 2.19. The van der Waals surface area contributed by atoms with E-state index < -0.39 is 0 Å². The molecule has 0 spiro atoms. The summed E-state index contributed by atoms with van der Waals surface area (Å²) in [6.07, 6.45) is 0.818. The maximum Gasteiger partial charge on any atom is 0.256 e. The molecule has 0 N–H and O–H groups in total. The van der Waals surface area contributed by atoms with Crippen molar-refractivity contribution in [2.24, 2.45) is 0 Å². The SMILES string of the molecule is CCCN1C(=O)C(C)=C(C)C1=O. The fourth-order valence-electron chi connectivity index (χ4n) is 1.24. The van der Waals surface area contributed by atoms with Crippen molar-refractivity contribution in [2.75, 3.05) is 6.54 Å². The summed E-state index contributed by atoms with van der Waals surface area (Å²) in [6, 6.07) is 0. The molecule has 66 valence electrons. The van der Waals surface area contributed by atoms with Gasteiger partial charge in [0.25, 0.3) is 11.8 Å². The Labute approximate surface area is 72.0 Å². The lowest BCUT2D eigenvalue weighted by atomic mass is 10.2. The number of carbonyl (C=O) groups excluding carboxylic acids is 2. The zero-order valence-corrected chi connectivity index (χ0v) is 7.68. The Morgan fingerprint density at radius 1 is 1.08 bits per heavy atom. The number of carbonyl (C=O) groups is 2. The van der Waals surface area contributed by atoms with Crippen molar-refractivity contribution in [1.82, 2.24) is 4.90 Å². The quantitative estimate of drug-likeness (QED) is 0.577. The van der Waals surface area contributed by atoms with E-state index in [1.54, 1.807) is 13.8 Å². The summed E-state index contributed by atoms with van der Waals surface area (Å²) in [6.45, 7) is 5.88. The Bertz CT molecular complexity index is 242. The second-order valence-corrected chi connectivity index (χ2v) is 3.01. The van der Waals surface area contributed by atoms with Gasteiger partial charge >= 0.3 is 0 Å². The van der Waals surface area contributed by atoms with Crippen LogP contribution in [0.25, 0.3) is 0 Å². The Morgan fingerprint density at radius 2 is 1.50 bits per heavy atom. The van der Waals surface area contributed by atoms with Crippen molar-refractivity contribution in [3.8, 4) is 0 Å². The molecule has 12 heavy (non-hydrogen) atoms. The molecule has 0 atom stereocenters. The van der Waals surface area contributed by atoms with Gasteiger partial charge in [-0.15, -0.1) is 0 Å². The molecule has 0 fully saturated rings. The first kappa shape index (κ1) is 8.97. The topological polar surface area (TPSA) is 37.4 Å². The molecule has 0 radical (unpaired) electrons. The van der Waals surface area contributed by atoms with E-state index in [4.69, 9.17) is 0 Å². The minimum Gasteiger partial charge on any atom is -0.275 e. The third-order valence-electron chi connectivity index (χ3n) is 2.14. The summed E-state index contributed by atoms with van der Waals surface area (Å²) in [4.78, 5) is 24.0. The third kappa shape index (κ3) is 1.15. The van der Waals surface area contributed by atoms with E-state index in [9.17, 15) is 9.59 Å². The number of nitrogens with zero attached hydrogens (tertiary/aromatic N) is 1. The molecule has 0 saturated carbocycles. The highest BCUT2D eigenvalue weighted by atomic mass is 16.2. The van der Waals surface area contributed by atoms with Crippen LogP contribution in [0.2, 0.25) is 0 Å². The maximum absolute atomic E-state index is 11.4. The van der Waals surface area contributed by atoms with Gasteiger partial charge in [0.05, 0.1) is 0 Å². The normalized spacial score (nSPS) is 18.1. The Kier molecular flexibility index (Phi) is 2.31. The number of rotatable bonds is 2. The fraction of sp³-hybridized carbons (Fsp3) is 0.556. The first-order valence-corrected chi connectivity index (χ1v) is 4.13. The van der Waals surface area contributed by atoms with E-state index in [2.05, 4.69) is 0 Å². The van der Waals surface area contributed by atoms with Crippen LogP contribution in [0.5, 0.6) is 0 Å². The molecule has 0 aromatic rings. The molecule has 0 aliphatic carbocycles. The van der Waals surface area contributed by atoms with Crippen molar-refractivity contribution in [3.63, 3.8) is 0 Å². The number of hydrogen-bond acceptors (Lipinski definition) is 2. The van der Waals surface area contributed by atoms with E-state index in [1.807, 2.05) is 6.92 Å². The molecule has 1 heterocycles. The van der Waals surface area contributed by atoms with Gasteiger partial charge in [-0.05, 0) is 20.3 Å². The summed E-state index contributed by atoms with van der Waals surface area (Å²) in [7, 11) is 0. The van der Waals surface area contributed by atoms with E-state index >= 15 is 0 Å². The first-order valence-electron chi connectivity index (χ1n) is 4.13. The van der Waals surface area contributed by atoms with Crippen LogP contribution in [0.3, 0.4) is 0 Å². The van der Waals surface area contributed by atoms with Gasteiger partial charge in [0.2, 0.25) is 0 Å². The van der Waals surface area contributed by atoms with Crippen LogP contribution in [0.15, 0.2) is 11.1 Å². The second-order valence-electron chi connectivity index (χ2n) is 3.01. The van der Waals surface area contributed by atoms with Crippen LogP contribution in [0, 0.1) is 0 Å². The maximum atomic E-state index is 11.4. The van der Waals surface area contributed by atoms with E-state index in [0.717, 1.165) is 6.42 Å². The van der Waals surface area contributed by atoms with Crippen molar-refractivity contribution >= 4 is 11.8 Å². The van der Waals surface area contributed by atoms with Crippen LogP contribution >= 0.6 is 0 Å². The monoisotopic (exact) mass is 167 g/mol. The molecular formula is C9H13NO2. The van der Waals surface area contributed by atoms with Crippen molar-refractivity contribution in [3.05, 3.63) is 11.1 Å². The Morgan fingerprint density at radius 3 is 1.83 bits per heavy atom. The predicted octanol–water partition coefficient (Wildman–Crippen LogP) is 1.10. The van der Waals surface area contributed by atoms with Gasteiger partial charge < -0.3 is 0 Å². The summed E-state index contributed by atoms with van der Waals surface area (Å²) in [5.41, 5.74) is 1.18. The molecule has 0 unspecified atom stereocenters. The van der Waals surface area contributed by atoms with Crippen LogP contribution in [-0.2, 0) is 9.59 Å². The van der Waals surface area contributed by atoms with Gasteiger partial charge in [0.15, 0.2) is 0 Å². The molecule has 3 heteroatoms. The smallest absolute Gasteiger partial charge is 0.256 e. The number of hydrogen-bond donors (Lipinski definition) is 0. The van der Waals surface area contributed by atoms with Crippen LogP contribution < -0.4 is 0 Å². The fourth-order valence-corrected chi connectivity index (χ4v) is 1.24. The van der Waals surface area contributed by atoms with Gasteiger partial charge in [-0.25, -0.2) is 0 Å². The lowest BCUT2D eigenvalue weighted by Crippen LogP contribution is -2.32. The standard InChI is InChI=1S/C9H13NO2/c1-4-5-10-8(11)6(2)7(3)9(10)12/h4-5H2,1-3H3. The van der Waals surface area contributed by atoms with Crippen molar-refractivity contribution in [1.29, 1.82) is 0 Å². The molecule has 0 aromatic carbocycles. The molecule has 0 bridgehead atoms. The summed E-state index contributed by atoms with van der Waals surface area (Å²) < 4.78 is 0. The summed E-state index contributed by atoms with van der Waals surface area (Å²) in [5.74, 6) is -0.251. The average molecular weight is 167 g/mol. The molecule has 1 aliphatic rings. The second kappa shape index (κ2) is 3.09. The van der Waals surface area contributed by atoms with Gasteiger partial charge in [0, 0.05) is 17.7 Å². The van der Waals surface area contributed by atoms with Gasteiger partial charge in [-0.3, -0.25) is 14.5 Å². The van der Waals surface area contributed by atoms with Gasteiger partial charge in [-0.1, -0.05) is 6.92 Å². The molecule has 1 aliphatic heterocycles. The summed E-state index contributed by atoms with van der Waals surface area (Å²) >= 11 is 0. The highest BCUT2D eigenvalue weighted by Gasteiger charge is 2.32. The molecule has 1 rings (SSSR count). The van der Waals surface area contributed by atoms with Gasteiger partial charge in [0.1, 0.15) is 0 Å². The molecule has 0 aromatic heterocycles. The van der Waals surface area contributed by atoms with Crippen molar-refractivity contribution < 1.29 is 9.59 Å². The molecule has 3 nitrogen and oxygen atoms in total. The molecular weight excluding hydrogens is 154 g/mol. The van der Waals surface area contributed by atoms with E-state index in [1.165, 1.54) is 4.90 Å². The first-order chi connectivity index (χ1) is 5.59.